The Bertz CT molecular complexity index is 613. The molecule has 2 aromatic rings. The Morgan fingerprint density at radius 3 is 2.62 bits per heavy atom. The Labute approximate surface area is 99.3 Å². The van der Waals surface area contributed by atoms with Gasteiger partial charge in [-0.15, -0.1) is 0 Å². The van der Waals surface area contributed by atoms with Crippen molar-refractivity contribution in [2.24, 2.45) is 0 Å². The third-order valence-electron chi connectivity index (χ3n) is 2.98. The maximum Gasteiger partial charge on any atom is 0.193 e. The summed E-state index contributed by atoms with van der Waals surface area (Å²) in [5, 5.41) is 1.32. The normalized spacial score (nSPS) is 11.0. The van der Waals surface area contributed by atoms with E-state index < -0.39 is 0 Å². The maximum atomic E-state index is 12.3. The average molecular weight is 236 g/mol. The second-order valence-corrected chi connectivity index (χ2v) is 4.43. The first-order chi connectivity index (χ1) is 7.56. The molecule has 0 aliphatic carbocycles. The molecule has 1 N–H and O–H groups in total. The molecule has 84 valence electrons. The molecule has 0 fully saturated rings. The zero-order valence-electron chi connectivity index (χ0n) is 9.65. The minimum Gasteiger partial charge on any atom is -0.357 e. The van der Waals surface area contributed by atoms with Crippen LogP contribution in [-0.2, 0) is 6.42 Å². The average Bonchev–Trinajstić information content (AvgIpc) is 2.24. The van der Waals surface area contributed by atoms with Gasteiger partial charge in [-0.25, -0.2) is 0 Å². The van der Waals surface area contributed by atoms with Crippen LogP contribution in [-0.4, -0.2) is 4.98 Å². The van der Waals surface area contributed by atoms with Crippen molar-refractivity contribution in [3.63, 3.8) is 0 Å². The summed E-state index contributed by atoms with van der Waals surface area (Å²) in [4.78, 5) is 15.5. The molecular formula is C13H14ClNO. The maximum absolute atomic E-state index is 12.3. The van der Waals surface area contributed by atoms with Gasteiger partial charge in [-0.2, -0.15) is 0 Å². The Kier molecular flexibility index (Phi) is 2.76. The second-order valence-electron chi connectivity index (χ2n) is 4.03. The zero-order chi connectivity index (χ0) is 11.9. The van der Waals surface area contributed by atoms with E-state index in [9.17, 15) is 4.79 Å². The fourth-order valence-electron chi connectivity index (χ4n) is 2.11. The van der Waals surface area contributed by atoms with Crippen molar-refractivity contribution in [2.45, 2.75) is 27.2 Å². The van der Waals surface area contributed by atoms with E-state index in [-0.39, 0.29) is 5.43 Å². The van der Waals surface area contributed by atoms with Gasteiger partial charge < -0.3 is 4.98 Å². The fourth-order valence-corrected chi connectivity index (χ4v) is 2.31. The van der Waals surface area contributed by atoms with Crippen LogP contribution in [0.3, 0.4) is 0 Å². The van der Waals surface area contributed by atoms with Gasteiger partial charge in [-0.1, -0.05) is 24.6 Å². The van der Waals surface area contributed by atoms with Crippen LogP contribution in [0.15, 0.2) is 16.9 Å². The number of hydrogen-bond donors (Lipinski definition) is 1. The lowest BCUT2D eigenvalue weighted by Crippen LogP contribution is -2.13. The molecule has 2 rings (SSSR count). The van der Waals surface area contributed by atoms with Crippen LogP contribution in [0.5, 0.6) is 0 Å². The molecule has 0 spiro atoms. The van der Waals surface area contributed by atoms with Gasteiger partial charge in [0, 0.05) is 11.3 Å². The third-order valence-corrected chi connectivity index (χ3v) is 3.30. The lowest BCUT2D eigenvalue weighted by atomic mass is 10.0. The molecule has 0 amide bonds. The standard InChI is InChI=1S/C13H14ClNO/c1-4-9-8(3)15-12-10(14)6-5-7(2)11(12)13(9)16/h5-6H,4H2,1-3H3,(H,15,16). The summed E-state index contributed by atoms with van der Waals surface area (Å²) < 4.78 is 0. The summed E-state index contributed by atoms with van der Waals surface area (Å²) in [7, 11) is 0. The SMILES string of the molecule is CCc1c(C)[nH]c2c(Cl)ccc(C)c2c1=O. The molecule has 0 saturated heterocycles. The molecule has 3 heteroatoms. The van der Waals surface area contributed by atoms with Gasteiger partial charge in [0.1, 0.15) is 0 Å². The number of nitrogens with one attached hydrogen (secondary N) is 1. The number of hydrogen-bond acceptors (Lipinski definition) is 1. The Morgan fingerprint density at radius 2 is 2.00 bits per heavy atom. The summed E-state index contributed by atoms with van der Waals surface area (Å²) in [5.41, 5.74) is 3.58. The molecule has 0 aliphatic heterocycles. The van der Waals surface area contributed by atoms with Crippen molar-refractivity contribution in [2.75, 3.05) is 0 Å². The lowest BCUT2D eigenvalue weighted by molar-refractivity contribution is 1.05. The van der Waals surface area contributed by atoms with Crippen LogP contribution in [0.4, 0.5) is 0 Å². The summed E-state index contributed by atoms with van der Waals surface area (Å²) in [6, 6.07) is 3.70. The van der Waals surface area contributed by atoms with E-state index in [1.165, 1.54) is 0 Å². The monoisotopic (exact) mass is 235 g/mol. The van der Waals surface area contributed by atoms with E-state index >= 15 is 0 Å². The van der Waals surface area contributed by atoms with Crippen molar-refractivity contribution in [1.82, 2.24) is 4.98 Å². The van der Waals surface area contributed by atoms with Gasteiger partial charge in [0.05, 0.1) is 15.9 Å². The first kappa shape index (κ1) is 11.2. The summed E-state index contributed by atoms with van der Waals surface area (Å²) >= 11 is 6.10. The summed E-state index contributed by atoms with van der Waals surface area (Å²) in [6.45, 7) is 5.84. The number of pyridine rings is 1. The number of aromatic amines is 1. The number of halogens is 1. The molecule has 0 aliphatic rings. The third kappa shape index (κ3) is 1.54. The molecule has 16 heavy (non-hydrogen) atoms. The van der Waals surface area contributed by atoms with E-state index in [0.29, 0.717) is 5.02 Å². The molecule has 1 aromatic carbocycles. The largest absolute Gasteiger partial charge is 0.357 e. The predicted molar refractivity (Wildman–Crippen MR) is 68.4 cm³/mol. The molecular weight excluding hydrogens is 222 g/mol. The van der Waals surface area contributed by atoms with Crippen LogP contribution in [0.25, 0.3) is 10.9 Å². The highest BCUT2D eigenvalue weighted by Crippen LogP contribution is 2.23. The molecule has 1 heterocycles. The van der Waals surface area contributed by atoms with E-state index in [1.807, 2.05) is 32.9 Å². The van der Waals surface area contributed by atoms with Gasteiger partial charge in [-0.3, -0.25) is 4.79 Å². The number of fused-ring (bicyclic) bond motifs is 1. The first-order valence-electron chi connectivity index (χ1n) is 5.36. The quantitative estimate of drug-likeness (QED) is 0.808. The lowest BCUT2D eigenvalue weighted by Gasteiger charge is -2.09. The highest BCUT2D eigenvalue weighted by Gasteiger charge is 2.11. The first-order valence-corrected chi connectivity index (χ1v) is 5.74. The van der Waals surface area contributed by atoms with Gasteiger partial charge in [-0.05, 0) is 31.9 Å². The number of aryl methyl sites for hydroxylation is 2. The Morgan fingerprint density at radius 1 is 1.31 bits per heavy atom. The molecule has 0 radical (unpaired) electrons. The fraction of sp³-hybridized carbons (Fsp3) is 0.308. The van der Waals surface area contributed by atoms with Crippen LogP contribution in [0.1, 0.15) is 23.7 Å². The van der Waals surface area contributed by atoms with E-state index in [4.69, 9.17) is 11.6 Å². The topological polar surface area (TPSA) is 32.9 Å². The van der Waals surface area contributed by atoms with Crippen LogP contribution < -0.4 is 5.43 Å². The number of rotatable bonds is 1. The van der Waals surface area contributed by atoms with Crippen molar-refractivity contribution in [3.8, 4) is 0 Å². The number of benzene rings is 1. The highest BCUT2D eigenvalue weighted by atomic mass is 35.5. The Balaban J connectivity index is 3.05. The summed E-state index contributed by atoms with van der Waals surface area (Å²) in [6.07, 6.45) is 0.739. The molecule has 0 unspecified atom stereocenters. The number of aromatic nitrogens is 1. The predicted octanol–water partition coefficient (Wildman–Crippen LogP) is 3.36. The second kappa shape index (κ2) is 3.95. The zero-order valence-corrected chi connectivity index (χ0v) is 10.4. The van der Waals surface area contributed by atoms with E-state index in [1.54, 1.807) is 0 Å². The highest BCUT2D eigenvalue weighted by molar-refractivity contribution is 6.35. The van der Waals surface area contributed by atoms with Crippen molar-refractivity contribution in [1.29, 1.82) is 0 Å². The minimum absolute atomic E-state index is 0.105. The summed E-state index contributed by atoms with van der Waals surface area (Å²) in [5.74, 6) is 0. The van der Waals surface area contributed by atoms with E-state index in [0.717, 1.165) is 34.1 Å². The van der Waals surface area contributed by atoms with Gasteiger partial charge in [0.15, 0.2) is 5.43 Å². The van der Waals surface area contributed by atoms with Crippen LogP contribution >= 0.6 is 11.6 Å². The van der Waals surface area contributed by atoms with E-state index in [2.05, 4.69) is 4.98 Å². The van der Waals surface area contributed by atoms with Crippen molar-refractivity contribution in [3.05, 3.63) is 44.2 Å². The van der Waals surface area contributed by atoms with Crippen molar-refractivity contribution < 1.29 is 0 Å². The molecule has 0 saturated carbocycles. The van der Waals surface area contributed by atoms with Gasteiger partial charge in [0.25, 0.3) is 0 Å². The van der Waals surface area contributed by atoms with Gasteiger partial charge in [0.2, 0.25) is 0 Å². The molecule has 0 bridgehead atoms. The minimum atomic E-state index is 0.105. The van der Waals surface area contributed by atoms with Gasteiger partial charge >= 0.3 is 0 Å². The smallest absolute Gasteiger partial charge is 0.193 e. The Hall–Kier alpha value is -1.28. The van der Waals surface area contributed by atoms with Crippen molar-refractivity contribution >= 4 is 22.5 Å². The molecule has 2 nitrogen and oxygen atoms in total. The van der Waals surface area contributed by atoms with Crippen LogP contribution in [0, 0.1) is 13.8 Å². The molecule has 1 aromatic heterocycles. The number of H-pyrrole nitrogens is 1. The van der Waals surface area contributed by atoms with Crippen LogP contribution in [0.2, 0.25) is 5.02 Å². The molecule has 0 atom stereocenters.